The number of rotatable bonds is 1. The van der Waals surface area contributed by atoms with Crippen molar-refractivity contribution in [1.29, 1.82) is 0 Å². The molecule has 2 aromatic rings. The van der Waals surface area contributed by atoms with Crippen molar-refractivity contribution in [2.24, 2.45) is 0 Å². The lowest BCUT2D eigenvalue weighted by Crippen LogP contribution is -1.89. The zero-order chi connectivity index (χ0) is 9.42. The van der Waals surface area contributed by atoms with E-state index >= 15 is 0 Å². The topological polar surface area (TPSA) is 33.1 Å². The van der Waals surface area contributed by atoms with Gasteiger partial charge in [0, 0.05) is 0 Å². The van der Waals surface area contributed by atoms with Gasteiger partial charge in [0.15, 0.2) is 0 Å². The first-order valence-corrected chi connectivity index (χ1v) is 5.04. The molecule has 1 atom stereocenters. The average Bonchev–Trinajstić information content (AvgIpc) is 2.43. The highest BCUT2D eigenvalue weighted by atomic mass is 32.1. The molecule has 2 rings (SSSR count). The molecule has 0 bridgehead atoms. The van der Waals surface area contributed by atoms with Crippen molar-refractivity contribution in [2.45, 2.75) is 20.0 Å². The van der Waals surface area contributed by atoms with E-state index < -0.39 is 6.10 Å². The van der Waals surface area contributed by atoms with Crippen LogP contribution in [0.1, 0.15) is 23.6 Å². The molecule has 1 heterocycles. The smallest absolute Gasteiger partial charge is 0.0907 e. The van der Waals surface area contributed by atoms with Crippen LogP contribution >= 0.6 is 11.3 Å². The molecule has 0 spiro atoms. The predicted octanol–water partition coefficient (Wildman–Crippen LogP) is 2.66. The number of hydrogen-bond acceptors (Lipinski definition) is 3. The van der Waals surface area contributed by atoms with Gasteiger partial charge in [0.1, 0.15) is 0 Å². The van der Waals surface area contributed by atoms with Crippen molar-refractivity contribution < 1.29 is 5.11 Å². The molecule has 3 heteroatoms. The van der Waals surface area contributed by atoms with Crippen LogP contribution in [0.2, 0.25) is 0 Å². The molecule has 68 valence electrons. The predicted molar refractivity (Wildman–Crippen MR) is 55.0 cm³/mol. The minimum absolute atomic E-state index is 0.413. The van der Waals surface area contributed by atoms with E-state index in [4.69, 9.17) is 0 Å². The van der Waals surface area contributed by atoms with Crippen molar-refractivity contribution in [3.63, 3.8) is 0 Å². The summed E-state index contributed by atoms with van der Waals surface area (Å²) in [5, 5.41) is 10.6. The van der Waals surface area contributed by atoms with Crippen molar-refractivity contribution >= 4 is 21.6 Å². The van der Waals surface area contributed by atoms with Gasteiger partial charge in [-0.05, 0) is 25.5 Å². The second kappa shape index (κ2) is 3.09. The molecule has 0 fully saturated rings. The molecule has 0 aliphatic heterocycles. The Hall–Kier alpha value is -0.930. The van der Waals surface area contributed by atoms with Crippen LogP contribution in [0.4, 0.5) is 0 Å². The Morgan fingerprint density at radius 3 is 2.92 bits per heavy atom. The zero-order valence-corrected chi connectivity index (χ0v) is 8.43. The lowest BCUT2D eigenvalue weighted by Gasteiger charge is -2.03. The molecule has 0 aliphatic carbocycles. The maximum Gasteiger partial charge on any atom is 0.0907 e. The Kier molecular flexibility index (Phi) is 2.06. The first kappa shape index (κ1) is 8.66. The number of thiazole rings is 1. The van der Waals surface area contributed by atoms with Gasteiger partial charge in [-0.2, -0.15) is 0 Å². The first-order chi connectivity index (χ1) is 6.18. The minimum Gasteiger partial charge on any atom is -0.389 e. The molecule has 2 nitrogen and oxygen atoms in total. The largest absolute Gasteiger partial charge is 0.389 e. The van der Waals surface area contributed by atoms with Crippen LogP contribution in [0.25, 0.3) is 10.2 Å². The summed E-state index contributed by atoms with van der Waals surface area (Å²) < 4.78 is 1.11. The van der Waals surface area contributed by atoms with Gasteiger partial charge in [-0.15, -0.1) is 11.3 Å². The molecular formula is C10H11NOS. The van der Waals surface area contributed by atoms with Gasteiger partial charge in [-0.1, -0.05) is 12.1 Å². The molecule has 1 aromatic heterocycles. The fraction of sp³-hybridized carbons (Fsp3) is 0.300. The molecule has 0 aliphatic rings. The molecule has 0 amide bonds. The fourth-order valence-corrected chi connectivity index (χ4v) is 2.42. The maximum absolute atomic E-state index is 9.51. The summed E-state index contributed by atoms with van der Waals surface area (Å²) in [6, 6.07) is 5.86. The van der Waals surface area contributed by atoms with E-state index in [2.05, 4.69) is 4.98 Å². The third-order valence-electron chi connectivity index (χ3n) is 2.00. The van der Waals surface area contributed by atoms with Crippen LogP contribution in [-0.4, -0.2) is 10.1 Å². The van der Waals surface area contributed by atoms with Gasteiger partial charge >= 0.3 is 0 Å². The summed E-state index contributed by atoms with van der Waals surface area (Å²) in [6.45, 7) is 3.76. The number of nitrogens with zero attached hydrogens (tertiary/aromatic N) is 1. The summed E-state index contributed by atoms with van der Waals surface area (Å²) in [7, 11) is 0. The number of hydrogen-bond donors (Lipinski definition) is 1. The summed E-state index contributed by atoms with van der Waals surface area (Å²) >= 11 is 1.64. The Bertz CT molecular complexity index is 433. The van der Waals surface area contributed by atoms with Crippen LogP contribution in [0.5, 0.6) is 0 Å². The molecule has 0 saturated carbocycles. The summed E-state index contributed by atoms with van der Waals surface area (Å²) in [5.41, 5.74) is 1.96. The van der Waals surface area contributed by atoms with Crippen LogP contribution in [-0.2, 0) is 0 Å². The second-order valence-electron chi connectivity index (χ2n) is 3.10. The van der Waals surface area contributed by atoms with E-state index in [0.717, 1.165) is 20.8 Å². The van der Waals surface area contributed by atoms with Gasteiger partial charge in [0.05, 0.1) is 21.3 Å². The fourth-order valence-electron chi connectivity index (χ4n) is 1.41. The van der Waals surface area contributed by atoms with Crippen molar-refractivity contribution in [2.75, 3.05) is 0 Å². The van der Waals surface area contributed by atoms with Crippen LogP contribution in [0, 0.1) is 6.92 Å². The van der Waals surface area contributed by atoms with E-state index in [1.165, 1.54) is 0 Å². The third kappa shape index (κ3) is 1.45. The van der Waals surface area contributed by atoms with Crippen LogP contribution in [0.3, 0.4) is 0 Å². The van der Waals surface area contributed by atoms with E-state index in [1.807, 2.05) is 25.1 Å². The van der Waals surface area contributed by atoms with Gasteiger partial charge < -0.3 is 5.11 Å². The average molecular weight is 193 g/mol. The minimum atomic E-state index is -0.413. The number of benzene rings is 1. The molecule has 1 N–H and O–H groups in total. The molecule has 0 saturated heterocycles. The highest BCUT2D eigenvalue weighted by Gasteiger charge is 2.08. The Balaban J connectivity index is 2.75. The van der Waals surface area contributed by atoms with E-state index in [9.17, 15) is 5.11 Å². The lowest BCUT2D eigenvalue weighted by molar-refractivity contribution is 0.201. The third-order valence-corrected chi connectivity index (χ3v) is 3.04. The number of aryl methyl sites for hydroxylation is 1. The molecule has 0 radical (unpaired) electrons. The molecular weight excluding hydrogens is 182 g/mol. The molecule has 13 heavy (non-hydrogen) atoms. The summed E-state index contributed by atoms with van der Waals surface area (Å²) in [6.07, 6.45) is -0.413. The van der Waals surface area contributed by atoms with Crippen molar-refractivity contribution in [3.05, 3.63) is 28.8 Å². The standard InChI is InChI=1S/C10H11NOS/c1-6(12)8-4-3-5-9-10(8)13-7(2)11-9/h3-6,12H,1-2H3. The number of aromatic nitrogens is 1. The van der Waals surface area contributed by atoms with E-state index in [-0.39, 0.29) is 0 Å². The molecule has 1 aromatic carbocycles. The van der Waals surface area contributed by atoms with E-state index in [0.29, 0.717) is 0 Å². The van der Waals surface area contributed by atoms with Gasteiger partial charge in [0.25, 0.3) is 0 Å². The number of aliphatic hydroxyl groups is 1. The van der Waals surface area contributed by atoms with Crippen molar-refractivity contribution in [3.8, 4) is 0 Å². The summed E-state index contributed by atoms with van der Waals surface area (Å²) in [4.78, 5) is 4.36. The van der Waals surface area contributed by atoms with Gasteiger partial charge in [0.2, 0.25) is 0 Å². The Morgan fingerprint density at radius 2 is 2.23 bits per heavy atom. The normalized spacial score (nSPS) is 13.5. The van der Waals surface area contributed by atoms with Crippen LogP contribution in [0.15, 0.2) is 18.2 Å². The Labute approximate surface area is 80.9 Å². The number of aliphatic hydroxyl groups excluding tert-OH is 1. The highest BCUT2D eigenvalue weighted by molar-refractivity contribution is 7.18. The zero-order valence-electron chi connectivity index (χ0n) is 7.61. The SMILES string of the molecule is Cc1nc2cccc(C(C)O)c2s1. The summed E-state index contributed by atoms with van der Waals surface area (Å²) in [5.74, 6) is 0. The number of fused-ring (bicyclic) bond motifs is 1. The highest BCUT2D eigenvalue weighted by Crippen LogP contribution is 2.28. The second-order valence-corrected chi connectivity index (χ2v) is 4.31. The maximum atomic E-state index is 9.51. The first-order valence-electron chi connectivity index (χ1n) is 4.22. The lowest BCUT2D eigenvalue weighted by atomic mass is 10.1. The quantitative estimate of drug-likeness (QED) is 0.755. The monoisotopic (exact) mass is 193 g/mol. The van der Waals surface area contributed by atoms with E-state index in [1.54, 1.807) is 18.3 Å². The van der Waals surface area contributed by atoms with Crippen molar-refractivity contribution in [1.82, 2.24) is 4.98 Å². The Morgan fingerprint density at radius 1 is 1.46 bits per heavy atom. The molecule has 1 unspecified atom stereocenters. The van der Waals surface area contributed by atoms with Crippen LogP contribution < -0.4 is 0 Å². The van der Waals surface area contributed by atoms with Gasteiger partial charge in [-0.3, -0.25) is 0 Å². The van der Waals surface area contributed by atoms with Gasteiger partial charge in [-0.25, -0.2) is 4.98 Å².